The van der Waals surface area contributed by atoms with E-state index in [1.165, 1.54) is 0 Å². The molecule has 0 aliphatic heterocycles. The fourth-order valence-electron chi connectivity index (χ4n) is 1.03. The van der Waals surface area contributed by atoms with Gasteiger partial charge in [-0.1, -0.05) is 0 Å². The van der Waals surface area contributed by atoms with Crippen LogP contribution in [0.3, 0.4) is 0 Å². The Balaban J connectivity index is 2.62. The van der Waals surface area contributed by atoms with Crippen LogP contribution in [0.15, 0.2) is 24.3 Å². The molecule has 0 aliphatic carbocycles. The quantitative estimate of drug-likeness (QED) is 0.806. The lowest BCUT2D eigenvalue weighted by Gasteiger charge is -2.07. The van der Waals surface area contributed by atoms with Gasteiger partial charge in [0.25, 0.3) is 5.91 Å². The van der Waals surface area contributed by atoms with Crippen molar-refractivity contribution in [3.63, 3.8) is 0 Å². The Labute approximate surface area is 99.1 Å². The highest BCUT2D eigenvalue weighted by Gasteiger charge is 2.30. The van der Waals surface area contributed by atoms with Crippen LogP contribution in [0.1, 0.15) is 15.9 Å². The number of carboxylic acid groups (broad SMARTS) is 1. The molecule has 2 N–H and O–H groups in total. The maximum absolute atomic E-state index is 12.2. The summed E-state index contributed by atoms with van der Waals surface area (Å²) < 4.78 is 36.7. The van der Waals surface area contributed by atoms with Gasteiger partial charge < -0.3 is 5.11 Å². The molecule has 0 aliphatic rings. The van der Waals surface area contributed by atoms with Crippen LogP contribution in [0.4, 0.5) is 13.2 Å². The van der Waals surface area contributed by atoms with E-state index >= 15 is 0 Å². The van der Waals surface area contributed by atoms with E-state index in [0.717, 1.165) is 24.3 Å². The summed E-state index contributed by atoms with van der Waals surface area (Å²) >= 11 is 0. The van der Waals surface area contributed by atoms with Crippen LogP contribution in [0.2, 0.25) is 0 Å². The van der Waals surface area contributed by atoms with Gasteiger partial charge in [-0.3, -0.25) is 9.63 Å². The number of amides is 1. The number of alkyl halides is 3. The summed E-state index contributed by atoms with van der Waals surface area (Å²) in [5, 5.41) is 8.22. The minimum atomic E-state index is -4.48. The van der Waals surface area contributed by atoms with Crippen molar-refractivity contribution in [1.29, 1.82) is 0 Å². The highest BCUT2D eigenvalue weighted by Crippen LogP contribution is 2.28. The van der Waals surface area contributed by atoms with Crippen LogP contribution in [0, 0.1) is 0 Å². The third kappa shape index (κ3) is 4.06. The fourth-order valence-corrected chi connectivity index (χ4v) is 1.03. The molecule has 8 heteroatoms. The molecule has 0 saturated heterocycles. The van der Waals surface area contributed by atoms with Crippen molar-refractivity contribution in [2.75, 3.05) is 6.61 Å². The third-order valence-electron chi connectivity index (χ3n) is 1.83. The molecule has 0 spiro atoms. The Kier molecular flexibility index (Phi) is 4.27. The third-order valence-corrected chi connectivity index (χ3v) is 1.83. The van der Waals surface area contributed by atoms with Gasteiger partial charge in [-0.25, -0.2) is 10.3 Å². The van der Waals surface area contributed by atoms with E-state index < -0.39 is 30.2 Å². The first-order chi connectivity index (χ1) is 8.30. The van der Waals surface area contributed by atoms with Gasteiger partial charge in [-0.05, 0) is 24.3 Å². The van der Waals surface area contributed by atoms with Crippen LogP contribution in [0.25, 0.3) is 0 Å². The van der Waals surface area contributed by atoms with E-state index in [-0.39, 0.29) is 5.56 Å². The smallest absolute Gasteiger partial charge is 0.416 e. The van der Waals surface area contributed by atoms with Crippen molar-refractivity contribution in [3.8, 4) is 0 Å². The van der Waals surface area contributed by atoms with Crippen molar-refractivity contribution in [3.05, 3.63) is 35.4 Å². The van der Waals surface area contributed by atoms with Gasteiger partial charge in [0.15, 0.2) is 6.61 Å². The number of carboxylic acids is 1. The van der Waals surface area contributed by atoms with Crippen molar-refractivity contribution >= 4 is 11.9 Å². The van der Waals surface area contributed by atoms with Crippen LogP contribution < -0.4 is 5.48 Å². The van der Waals surface area contributed by atoms with E-state index in [0.29, 0.717) is 0 Å². The summed E-state index contributed by atoms with van der Waals surface area (Å²) in [6.45, 7) is -0.744. The first-order valence-electron chi connectivity index (χ1n) is 4.62. The standard InChI is InChI=1S/C10H8F3NO4/c11-10(12,13)7-3-1-6(2-4-7)9(17)14-18-5-8(15)16/h1-4H,5H2,(H,14,17)(H,15,16). The van der Waals surface area contributed by atoms with Crippen LogP contribution in [0.5, 0.6) is 0 Å². The zero-order valence-electron chi connectivity index (χ0n) is 8.82. The van der Waals surface area contributed by atoms with E-state index in [9.17, 15) is 22.8 Å². The number of carbonyl (C=O) groups excluding carboxylic acids is 1. The molecule has 0 atom stereocenters. The molecule has 0 fully saturated rings. The second-order valence-corrected chi connectivity index (χ2v) is 3.19. The zero-order valence-corrected chi connectivity index (χ0v) is 8.82. The van der Waals surface area contributed by atoms with Crippen LogP contribution >= 0.6 is 0 Å². The molecule has 18 heavy (non-hydrogen) atoms. The summed E-state index contributed by atoms with van der Waals surface area (Å²) in [5.74, 6) is -2.12. The Morgan fingerprint density at radius 3 is 2.22 bits per heavy atom. The van der Waals surface area contributed by atoms with Crippen molar-refractivity contribution in [2.45, 2.75) is 6.18 Å². The lowest BCUT2D eigenvalue weighted by Crippen LogP contribution is -2.26. The number of carbonyl (C=O) groups is 2. The molecule has 0 bridgehead atoms. The number of rotatable bonds is 4. The average Bonchev–Trinajstić information content (AvgIpc) is 2.27. The lowest BCUT2D eigenvalue weighted by molar-refractivity contribution is -0.144. The van der Waals surface area contributed by atoms with Gasteiger partial charge in [0.1, 0.15) is 0 Å². The summed E-state index contributed by atoms with van der Waals surface area (Å²) in [5.41, 5.74) is 0.828. The number of hydrogen-bond donors (Lipinski definition) is 2. The van der Waals surface area contributed by atoms with Gasteiger partial charge in [0.2, 0.25) is 0 Å². The summed E-state index contributed by atoms with van der Waals surface area (Å²) in [7, 11) is 0. The summed E-state index contributed by atoms with van der Waals surface area (Å²) in [6.07, 6.45) is -4.48. The molecule has 0 aromatic heterocycles. The molecule has 5 nitrogen and oxygen atoms in total. The predicted molar refractivity (Wildman–Crippen MR) is 52.5 cm³/mol. The van der Waals surface area contributed by atoms with Gasteiger partial charge >= 0.3 is 12.1 Å². The van der Waals surface area contributed by atoms with Gasteiger partial charge in [-0.2, -0.15) is 13.2 Å². The largest absolute Gasteiger partial charge is 0.479 e. The normalized spacial score (nSPS) is 11.1. The highest BCUT2D eigenvalue weighted by atomic mass is 19.4. The monoisotopic (exact) mass is 263 g/mol. The molecule has 1 amide bonds. The Bertz CT molecular complexity index is 441. The minimum absolute atomic E-state index is 0.0756. The van der Waals surface area contributed by atoms with Gasteiger partial charge in [0.05, 0.1) is 5.56 Å². The predicted octanol–water partition coefficient (Wildman–Crippen LogP) is 1.45. The maximum Gasteiger partial charge on any atom is 0.416 e. The number of hydrogen-bond acceptors (Lipinski definition) is 3. The number of aliphatic carboxylic acids is 1. The molecular formula is C10H8F3NO4. The van der Waals surface area contributed by atoms with E-state index in [1.807, 2.05) is 0 Å². The maximum atomic E-state index is 12.2. The number of nitrogens with one attached hydrogen (secondary N) is 1. The Morgan fingerprint density at radius 2 is 1.78 bits per heavy atom. The molecular weight excluding hydrogens is 255 g/mol. The van der Waals surface area contributed by atoms with Gasteiger partial charge in [0, 0.05) is 5.56 Å². The first-order valence-corrected chi connectivity index (χ1v) is 4.62. The molecule has 0 radical (unpaired) electrons. The number of benzene rings is 1. The van der Waals surface area contributed by atoms with Crippen LogP contribution in [-0.4, -0.2) is 23.6 Å². The van der Waals surface area contributed by atoms with Crippen molar-refractivity contribution in [2.24, 2.45) is 0 Å². The van der Waals surface area contributed by atoms with Crippen molar-refractivity contribution < 1.29 is 32.7 Å². The fraction of sp³-hybridized carbons (Fsp3) is 0.200. The summed E-state index contributed by atoms with van der Waals surface area (Å²) in [6, 6.07) is 3.41. The highest BCUT2D eigenvalue weighted by molar-refractivity contribution is 5.93. The minimum Gasteiger partial charge on any atom is -0.479 e. The molecule has 1 aromatic rings. The van der Waals surface area contributed by atoms with Gasteiger partial charge in [-0.15, -0.1) is 0 Å². The van der Waals surface area contributed by atoms with E-state index in [4.69, 9.17) is 5.11 Å². The molecule has 1 aromatic carbocycles. The van der Waals surface area contributed by atoms with E-state index in [2.05, 4.69) is 4.84 Å². The van der Waals surface area contributed by atoms with Crippen LogP contribution in [-0.2, 0) is 15.8 Å². The Morgan fingerprint density at radius 1 is 1.22 bits per heavy atom. The second-order valence-electron chi connectivity index (χ2n) is 3.19. The number of hydroxylamine groups is 1. The molecule has 98 valence electrons. The first kappa shape index (κ1) is 14.0. The molecule has 1 rings (SSSR count). The topological polar surface area (TPSA) is 75.6 Å². The number of halogens is 3. The lowest BCUT2D eigenvalue weighted by atomic mass is 10.1. The zero-order chi connectivity index (χ0) is 13.8. The molecule has 0 unspecified atom stereocenters. The summed E-state index contributed by atoms with van der Waals surface area (Å²) in [4.78, 5) is 25.6. The second kappa shape index (κ2) is 5.50. The Hall–Kier alpha value is -2.09. The van der Waals surface area contributed by atoms with E-state index in [1.54, 1.807) is 5.48 Å². The molecule has 0 heterocycles. The average molecular weight is 263 g/mol. The SMILES string of the molecule is O=C(O)CONC(=O)c1ccc(C(F)(F)F)cc1. The molecule has 0 saturated carbocycles. The van der Waals surface area contributed by atoms with Crippen molar-refractivity contribution in [1.82, 2.24) is 5.48 Å².